The van der Waals surface area contributed by atoms with Crippen LogP contribution in [0.1, 0.15) is 13.8 Å². The normalized spacial score (nSPS) is 11.5. The van der Waals surface area contributed by atoms with E-state index in [1.165, 1.54) is 0 Å². The Morgan fingerprint density at radius 1 is 1.21 bits per heavy atom. The van der Waals surface area contributed by atoms with E-state index in [0.717, 1.165) is 11.3 Å². The lowest BCUT2D eigenvalue weighted by molar-refractivity contribution is -0.122. The van der Waals surface area contributed by atoms with E-state index < -0.39 is 6.10 Å². The second-order valence-corrected chi connectivity index (χ2v) is 5.86. The van der Waals surface area contributed by atoms with Gasteiger partial charge in [0.2, 0.25) is 0 Å². The first-order chi connectivity index (χ1) is 11.5. The summed E-state index contributed by atoms with van der Waals surface area (Å²) in [5.74, 6) is 0.937. The average Bonchev–Trinajstić information content (AvgIpc) is 2.56. The fourth-order valence-corrected chi connectivity index (χ4v) is 2.05. The molecule has 0 radical (unpaired) electrons. The molecule has 0 aliphatic rings. The number of ether oxygens (including phenoxy) is 2. The van der Waals surface area contributed by atoms with E-state index in [1.54, 1.807) is 55.5 Å². The Morgan fingerprint density at radius 2 is 1.88 bits per heavy atom. The number of anilines is 1. The molecule has 0 bridgehead atoms. The highest BCUT2D eigenvalue weighted by Crippen LogP contribution is 2.24. The SMILES string of the molecule is C=C(C)COc1ccc(NC(=O)C(C)Oc2ccccc2Cl)cc1. The highest BCUT2D eigenvalue weighted by atomic mass is 35.5. The first-order valence-corrected chi connectivity index (χ1v) is 7.93. The summed E-state index contributed by atoms with van der Waals surface area (Å²) in [6.45, 7) is 7.82. The minimum absolute atomic E-state index is 0.259. The van der Waals surface area contributed by atoms with Crippen LogP contribution in [-0.2, 0) is 4.79 Å². The van der Waals surface area contributed by atoms with Gasteiger partial charge < -0.3 is 14.8 Å². The summed E-state index contributed by atoms with van der Waals surface area (Å²) in [4.78, 5) is 12.2. The van der Waals surface area contributed by atoms with Crippen LogP contribution in [-0.4, -0.2) is 18.6 Å². The first kappa shape index (κ1) is 17.9. The van der Waals surface area contributed by atoms with Crippen molar-refractivity contribution >= 4 is 23.2 Å². The molecule has 1 amide bonds. The van der Waals surface area contributed by atoms with Gasteiger partial charge in [-0.3, -0.25) is 4.79 Å². The summed E-state index contributed by atoms with van der Waals surface area (Å²) in [7, 11) is 0. The average molecular weight is 346 g/mol. The van der Waals surface area contributed by atoms with Gasteiger partial charge in [0.15, 0.2) is 6.10 Å². The summed E-state index contributed by atoms with van der Waals surface area (Å²) in [6, 6.07) is 14.2. The van der Waals surface area contributed by atoms with E-state index in [2.05, 4.69) is 11.9 Å². The molecule has 0 aliphatic carbocycles. The zero-order valence-corrected chi connectivity index (χ0v) is 14.5. The van der Waals surface area contributed by atoms with Crippen molar-refractivity contribution in [3.05, 3.63) is 65.7 Å². The molecule has 24 heavy (non-hydrogen) atoms. The summed E-state index contributed by atoms with van der Waals surface area (Å²) in [5, 5.41) is 3.26. The molecule has 0 fully saturated rings. The van der Waals surface area contributed by atoms with E-state index in [9.17, 15) is 4.79 Å². The zero-order chi connectivity index (χ0) is 17.5. The van der Waals surface area contributed by atoms with Crippen LogP contribution < -0.4 is 14.8 Å². The smallest absolute Gasteiger partial charge is 0.265 e. The molecular formula is C19H20ClNO3. The van der Waals surface area contributed by atoms with Crippen molar-refractivity contribution in [3.8, 4) is 11.5 Å². The van der Waals surface area contributed by atoms with Crippen molar-refractivity contribution in [2.45, 2.75) is 20.0 Å². The molecule has 2 rings (SSSR count). The monoisotopic (exact) mass is 345 g/mol. The number of para-hydroxylation sites is 1. The molecule has 2 aromatic carbocycles. The fraction of sp³-hybridized carbons (Fsp3) is 0.211. The van der Waals surface area contributed by atoms with Gasteiger partial charge in [-0.1, -0.05) is 30.3 Å². The Balaban J connectivity index is 1.91. The third kappa shape index (κ3) is 5.32. The molecule has 1 N–H and O–H groups in total. The van der Waals surface area contributed by atoms with Crippen LogP contribution in [0.15, 0.2) is 60.7 Å². The van der Waals surface area contributed by atoms with E-state index in [-0.39, 0.29) is 5.91 Å². The number of carbonyl (C=O) groups excluding carboxylic acids is 1. The third-order valence-electron chi connectivity index (χ3n) is 3.12. The van der Waals surface area contributed by atoms with Gasteiger partial charge in [-0.25, -0.2) is 0 Å². The van der Waals surface area contributed by atoms with Crippen LogP contribution in [0, 0.1) is 0 Å². The third-order valence-corrected chi connectivity index (χ3v) is 3.43. The van der Waals surface area contributed by atoms with Gasteiger partial charge in [0.05, 0.1) is 5.02 Å². The maximum atomic E-state index is 12.2. The lowest BCUT2D eigenvalue weighted by Crippen LogP contribution is -2.30. The van der Waals surface area contributed by atoms with Crippen molar-refractivity contribution in [1.29, 1.82) is 0 Å². The number of carbonyl (C=O) groups is 1. The van der Waals surface area contributed by atoms with Crippen LogP contribution in [0.5, 0.6) is 11.5 Å². The number of amides is 1. The molecule has 0 heterocycles. The highest BCUT2D eigenvalue weighted by Gasteiger charge is 2.16. The molecule has 5 heteroatoms. The highest BCUT2D eigenvalue weighted by molar-refractivity contribution is 6.32. The number of rotatable bonds is 7. The molecule has 0 saturated heterocycles. The molecule has 4 nitrogen and oxygen atoms in total. The quantitative estimate of drug-likeness (QED) is 0.740. The van der Waals surface area contributed by atoms with E-state index in [0.29, 0.717) is 23.1 Å². The molecular weight excluding hydrogens is 326 g/mol. The van der Waals surface area contributed by atoms with Gasteiger partial charge in [-0.2, -0.15) is 0 Å². The van der Waals surface area contributed by atoms with Gasteiger partial charge in [-0.05, 0) is 55.8 Å². The summed E-state index contributed by atoms with van der Waals surface area (Å²) in [6.07, 6.45) is -0.677. The molecule has 0 aliphatic heterocycles. The second-order valence-electron chi connectivity index (χ2n) is 5.45. The van der Waals surface area contributed by atoms with Gasteiger partial charge >= 0.3 is 0 Å². The second kappa shape index (κ2) is 8.41. The van der Waals surface area contributed by atoms with Crippen molar-refractivity contribution in [1.82, 2.24) is 0 Å². The molecule has 1 atom stereocenters. The van der Waals surface area contributed by atoms with E-state index in [4.69, 9.17) is 21.1 Å². The minimum atomic E-state index is -0.677. The largest absolute Gasteiger partial charge is 0.489 e. The van der Waals surface area contributed by atoms with E-state index >= 15 is 0 Å². The van der Waals surface area contributed by atoms with Gasteiger partial charge in [0.1, 0.15) is 18.1 Å². The van der Waals surface area contributed by atoms with Gasteiger partial charge in [-0.15, -0.1) is 0 Å². The van der Waals surface area contributed by atoms with Crippen LogP contribution in [0.25, 0.3) is 0 Å². The Labute approximate surface area is 147 Å². The molecule has 0 saturated carbocycles. The maximum absolute atomic E-state index is 12.2. The minimum Gasteiger partial charge on any atom is -0.489 e. The number of nitrogens with one attached hydrogen (secondary N) is 1. The van der Waals surface area contributed by atoms with Gasteiger partial charge in [0, 0.05) is 5.69 Å². The van der Waals surface area contributed by atoms with Crippen molar-refractivity contribution in [3.63, 3.8) is 0 Å². The number of hydrogen-bond donors (Lipinski definition) is 1. The number of hydrogen-bond acceptors (Lipinski definition) is 3. The van der Waals surface area contributed by atoms with Gasteiger partial charge in [0.25, 0.3) is 5.91 Å². The first-order valence-electron chi connectivity index (χ1n) is 7.55. The Kier molecular flexibility index (Phi) is 6.27. The number of halogens is 1. The van der Waals surface area contributed by atoms with Crippen LogP contribution in [0.4, 0.5) is 5.69 Å². The summed E-state index contributed by atoms with van der Waals surface area (Å²) < 4.78 is 11.1. The Morgan fingerprint density at radius 3 is 2.50 bits per heavy atom. The standard InChI is InChI=1S/C19H20ClNO3/c1-13(2)12-23-16-10-8-15(9-11-16)21-19(22)14(3)24-18-7-5-4-6-17(18)20/h4-11,14H,1,12H2,2-3H3,(H,21,22). The van der Waals surface area contributed by atoms with Crippen molar-refractivity contribution in [2.75, 3.05) is 11.9 Å². The van der Waals surface area contributed by atoms with Crippen LogP contribution in [0.3, 0.4) is 0 Å². The van der Waals surface area contributed by atoms with Crippen molar-refractivity contribution in [2.24, 2.45) is 0 Å². The van der Waals surface area contributed by atoms with Crippen molar-refractivity contribution < 1.29 is 14.3 Å². The summed E-state index contributed by atoms with van der Waals surface area (Å²) in [5.41, 5.74) is 1.61. The number of benzene rings is 2. The topological polar surface area (TPSA) is 47.6 Å². The molecule has 1 unspecified atom stereocenters. The Hall–Kier alpha value is -2.46. The molecule has 0 aromatic heterocycles. The van der Waals surface area contributed by atoms with E-state index in [1.807, 2.05) is 6.92 Å². The zero-order valence-electron chi connectivity index (χ0n) is 13.7. The Bertz CT molecular complexity index is 713. The predicted molar refractivity (Wildman–Crippen MR) is 96.9 cm³/mol. The van der Waals surface area contributed by atoms with Crippen LogP contribution in [0.2, 0.25) is 5.02 Å². The summed E-state index contributed by atoms with van der Waals surface area (Å²) >= 11 is 6.03. The molecule has 0 spiro atoms. The lowest BCUT2D eigenvalue weighted by atomic mass is 10.2. The molecule has 2 aromatic rings. The fourth-order valence-electron chi connectivity index (χ4n) is 1.87. The lowest BCUT2D eigenvalue weighted by Gasteiger charge is -2.15. The predicted octanol–water partition coefficient (Wildman–Crippen LogP) is 4.70. The van der Waals surface area contributed by atoms with Crippen LogP contribution >= 0.6 is 11.6 Å². The maximum Gasteiger partial charge on any atom is 0.265 e. The molecule has 126 valence electrons.